The summed E-state index contributed by atoms with van der Waals surface area (Å²) in [6.45, 7) is 8.32. The Kier molecular flexibility index (Phi) is 6.71. The first kappa shape index (κ1) is 14.0. The van der Waals surface area contributed by atoms with Crippen molar-refractivity contribution in [2.45, 2.75) is 46.1 Å². The SMILES string of the molecule is CCCNC(C)CCc1ccccc1OCC. The molecule has 0 saturated heterocycles. The van der Waals surface area contributed by atoms with E-state index in [2.05, 4.69) is 37.4 Å². The molecule has 0 aliphatic heterocycles. The van der Waals surface area contributed by atoms with Crippen LogP contribution in [0, 0.1) is 0 Å². The van der Waals surface area contributed by atoms with Crippen molar-refractivity contribution in [3.8, 4) is 5.75 Å². The van der Waals surface area contributed by atoms with Gasteiger partial charge >= 0.3 is 0 Å². The molecule has 2 heteroatoms. The molecule has 0 heterocycles. The van der Waals surface area contributed by atoms with Crippen LogP contribution in [-0.2, 0) is 6.42 Å². The Morgan fingerprint density at radius 2 is 2.00 bits per heavy atom. The van der Waals surface area contributed by atoms with Crippen LogP contribution in [0.1, 0.15) is 39.2 Å². The van der Waals surface area contributed by atoms with Gasteiger partial charge < -0.3 is 10.1 Å². The van der Waals surface area contributed by atoms with E-state index < -0.39 is 0 Å². The van der Waals surface area contributed by atoms with E-state index in [9.17, 15) is 0 Å². The van der Waals surface area contributed by atoms with Crippen LogP contribution < -0.4 is 10.1 Å². The lowest BCUT2D eigenvalue weighted by molar-refractivity contribution is 0.335. The fraction of sp³-hybridized carbons (Fsp3) is 0.600. The molecule has 1 unspecified atom stereocenters. The van der Waals surface area contributed by atoms with E-state index in [1.807, 2.05) is 13.0 Å². The molecule has 96 valence electrons. The van der Waals surface area contributed by atoms with E-state index in [0.29, 0.717) is 6.04 Å². The van der Waals surface area contributed by atoms with E-state index in [1.165, 1.54) is 12.0 Å². The zero-order chi connectivity index (χ0) is 12.5. The summed E-state index contributed by atoms with van der Waals surface area (Å²) in [7, 11) is 0. The van der Waals surface area contributed by atoms with Gasteiger partial charge in [0.2, 0.25) is 0 Å². The van der Waals surface area contributed by atoms with Crippen LogP contribution in [0.4, 0.5) is 0 Å². The molecule has 0 aromatic heterocycles. The fourth-order valence-corrected chi connectivity index (χ4v) is 1.87. The van der Waals surface area contributed by atoms with Gasteiger partial charge in [0.25, 0.3) is 0 Å². The maximum atomic E-state index is 5.63. The molecule has 0 radical (unpaired) electrons. The minimum Gasteiger partial charge on any atom is -0.494 e. The Labute approximate surface area is 105 Å². The van der Waals surface area contributed by atoms with E-state index in [4.69, 9.17) is 4.74 Å². The quantitative estimate of drug-likeness (QED) is 0.745. The molecule has 0 saturated carbocycles. The van der Waals surface area contributed by atoms with Crippen molar-refractivity contribution in [3.05, 3.63) is 29.8 Å². The van der Waals surface area contributed by atoms with Crippen LogP contribution in [0.2, 0.25) is 0 Å². The number of hydrogen-bond donors (Lipinski definition) is 1. The molecule has 0 aliphatic rings. The second-order valence-corrected chi connectivity index (χ2v) is 4.43. The van der Waals surface area contributed by atoms with Crippen LogP contribution in [0.5, 0.6) is 5.75 Å². The third-order valence-corrected chi connectivity index (χ3v) is 2.86. The lowest BCUT2D eigenvalue weighted by Crippen LogP contribution is -2.27. The van der Waals surface area contributed by atoms with E-state index in [-0.39, 0.29) is 0 Å². The van der Waals surface area contributed by atoms with Gasteiger partial charge in [-0.3, -0.25) is 0 Å². The van der Waals surface area contributed by atoms with Crippen LogP contribution in [0.15, 0.2) is 24.3 Å². The largest absolute Gasteiger partial charge is 0.494 e. The summed E-state index contributed by atoms with van der Waals surface area (Å²) in [6, 6.07) is 8.92. The van der Waals surface area contributed by atoms with Crippen molar-refractivity contribution >= 4 is 0 Å². The van der Waals surface area contributed by atoms with E-state index in [1.54, 1.807) is 0 Å². The fourth-order valence-electron chi connectivity index (χ4n) is 1.87. The number of nitrogens with one attached hydrogen (secondary N) is 1. The smallest absolute Gasteiger partial charge is 0.122 e. The third kappa shape index (κ3) is 5.22. The molecule has 2 nitrogen and oxygen atoms in total. The van der Waals surface area contributed by atoms with Gasteiger partial charge in [-0.25, -0.2) is 0 Å². The summed E-state index contributed by atoms with van der Waals surface area (Å²) in [6.07, 6.45) is 3.43. The number of ether oxygens (including phenoxy) is 1. The molecule has 17 heavy (non-hydrogen) atoms. The predicted octanol–water partition coefficient (Wildman–Crippen LogP) is 3.41. The Hall–Kier alpha value is -1.02. The molecule has 0 fully saturated rings. The molecule has 1 rings (SSSR count). The van der Waals surface area contributed by atoms with Crippen molar-refractivity contribution in [2.75, 3.05) is 13.2 Å². The summed E-state index contributed by atoms with van der Waals surface area (Å²) in [5.74, 6) is 1.04. The van der Waals surface area contributed by atoms with Gasteiger partial charge in [-0.2, -0.15) is 0 Å². The average molecular weight is 235 g/mol. The molecule has 1 aromatic rings. The first-order valence-electron chi connectivity index (χ1n) is 6.72. The van der Waals surface area contributed by atoms with Crippen molar-refractivity contribution in [3.63, 3.8) is 0 Å². The number of para-hydroxylation sites is 1. The summed E-state index contributed by atoms with van der Waals surface area (Å²) in [4.78, 5) is 0. The van der Waals surface area contributed by atoms with Gasteiger partial charge in [0.1, 0.15) is 5.75 Å². The highest BCUT2D eigenvalue weighted by molar-refractivity contribution is 5.33. The van der Waals surface area contributed by atoms with Crippen molar-refractivity contribution in [1.29, 1.82) is 0 Å². The van der Waals surface area contributed by atoms with Crippen LogP contribution >= 0.6 is 0 Å². The molecule has 0 aliphatic carbocycles. The zero-order valence-electron chi connectivity index (χ0n) is 11.3. The summed E-state index contributed by atoms with van der Waals surface area (Å²) < 4.78 is 5.63. The molecule has 1 atom stereocenters. The first-order valence-corrected chi connectivity index (χ1v) is 6.72. The van der Waals surface area contributed by atoms with Crippen molar-refractivity contribution < 1.29 is 4.74 Å². The maximum Gasteiger partial charge on any atom is 0.122 e. The highest BCUT2D eigenvalue weighted by atomic mass is 16.5. The predicted molar refractivity (Wildman–Crippen MR) is 73.7 cm³/mol. The van der Waals surface area contributed by atoms with Crippen LogP contribution in [0.25, 0.3) is 0 Å². The van der Waals surface area contributed by atoms with Gasteiger partial charge in [-0.05, 0) is 51.3 Å². The van der Waals surface area contributed by atoms with Crippen molar-refractivity contribution in [1.82, 2.24) is 5.32 Å². The molecule has 0 bridgehead atoms. The number of hydrogen-bond acceptors (Lipinski definition) is 2. The molecule has 0 spiro atoms. The standard InChI is InChI=1S/C15H25NO/c1-4-12-16-13(3)10-11-14-8-6-7-9-15(14)17-5-2/h6-9,13,16H,4-5,10-12H2,1-3H3. The molecule has 0 amide bonds. The number of rotatable bonds is 8. The minimum absolute atomic E-state index is 0.574. The summed E-state index contributed by atoms with van der Waals surface area (Å²) in [5, 5.41) is 3.51. The topological polar surface area (TPSA) is 21.3 Å². The maximum absolute atomic E-state index is 5.63. The Balaban J connectivity index is 2.44. The monoisotopic (exact) mass is 235 g/mol. The van der Waals surface area contributed by atoms with Crippen LogP contribution in [-0.4, -0.2) is 19.2 Å². The van der Waals surface area contributed by atoms with E-state index >= 15 is 0 Å². The Morgan fingerprint density at radius 1 is 1.24 bits per heavy atom. The van der Waals surface area contributed by atoms with Gasteiger partial charge in [0.05, 0.1) is 6.61 Å². The van der Waals surface area contributed by atoms with E-state index in [0.717, 1.165) is 31.7 Å². The minimum atomic E-state index is 0.574. The number of aryl methyl sites for hydroxylation is 1. The zero-order valence-corrected chi connectivity index (χ0v) is 11.3. The summed E-state index contributed by atoms with van der Waals surface area (Å²) >= 11 is 0. The van der Waals surface area contributed by atoms with Gasteiger partial charge in [-0.15, -0.1) is 0 Å². The van der Waals surface area contributed by atoms with Gasteiger partial charge in [0, 0.05) is 6.04 Å². The van der Waals surface area contributed by atoms with Gasteiger partial charge in [-0.1, -0.05) is 25.1 Å². The second kappa shape index (κ2) is 8.13. The van der Waals surface area contributed by atoms with Crippen LogP contribution in [0.3, 0.4) is 0 Å². The Bertz CT molecular complexity index is 312. The highest BCUT2D eigenvalue weighted by Gasteiger charge is 2.05. The lowest BCUT2D eigenvalue weighted by Gasteiger charge is -2.14. The van der Waals surface area contributed by atoms with Gasteiger partial charge in [0.15, 0.2) is 0 Å². The Morgan fingerprint density at radius 3 is 2.71 bits per heavy atom. The summed E-state index contributed by atoms with van der Waals surface area (Å²) in [5.41, 5.74) is 1.32. The first-order chi connectivity index (χ1) is 8.27. The molecule has 1 N–H and O–H groups in total. The average Bonchev–Trinajstić information content (AvgIpc) is 2.35. The third-order valence-electron chi connectivity index (χ3n) is 2.86. The highest BCUT2D eigenvalue weighted by Crippen LogP contribution is 2.19. The second-order valence-electron chi connectivity index (χ2n) is 4.43. The normalized spacial score (nSPS) is 12.4. The lowest BCUT2D eigenvalue weighted by atomic mass is 10.1. The molecular formula is C15H25NO. The molecule has 1 aromatic carbocycles. The number of benzene rings is 1. The van der Waals surface area contributed by atoms with Crippen molar-refractivity contribution in [2.24, 2.45) is 0 Å². The molecular weight excluding hydrogens is 210 g/mol.